The summed E-state index contributed by atoms with van der Waals surface area (Å²) in [6, 6.07) is 10.4. The lowest BCUT2D eigenvalue weighted by molar-refractivity contribution is 0.111. The van der Waals surface area contributed by atoms with Crippen LogP contribution in [0.2, 0.25) is 0 Å². The van der Waals surface area contributed by atoms with Crippen LogP contribution in [0.5, 0.6) is 23.0 Å². The van der Waals surface area contributed by atoms with Crippen LogP contribution in [-0.4, -0.2) is 70.5 Å². The fraction of sp³-hybridized carbons (Fsp3) is 0.455. The number of nitrogens with zero attached hydrogens (tertiary/aromatic N) is 2. The standard InChI is InChI=1S/C22H29FN2O4/c1-26-20-9-8-17(21(27-2)22(20)28-3)16-25-12-10-24(11-13-25)14-15-29-19-7-5-4-6-18(19)23/h4-9H,10-16H2,1-3H3. The van der Waals surface area contributed by atoms with E-state index in [1.807, 2.05) is 12.1 Å². The maximum absolute atomic E-state index is 13.6. The summed E-state index contributed by atoms with van der Waals surface area (Å²) < 4.78 is 35.6. The van der Waals surface area contributed by atoms with Gasteiger partial charge in [-0.3, -0.25) is 9.80 Å². The van der Waals surface area contributed by atoms with Crippen molar-refractivity contribution in [3.05, 3.63) is 47.8 Å². The third kappa shape index (κ3) is 5.31. The van der Waals surface area contributed by atoms with Gasteiger partial charge in [0.25, 0.3) is 0 Å². The molecule has 3 rings (SSSR count). The SMILES string of the molecule is COc1ccc(CN2CCN(CCOc3ccccc3F)CC2)c(OC)c1OC. The molecule has 1 fully saturated rings. The van der Waals surface area contributed by atoms with Crippen molar-refractivity contribution in [2.75, 3.05) is 60.7 Å². The Labute approximate surface area is 171 Å². The lowest BCUT2D eigenvalue weighted by Gasteiger charge is -2.34. The second-order valence-electron chi connectivity index (χ2n) is 6.89. The van der Waals surface area contributed by atoms with Gasteiger partial charge < -0.3 is 18.9 Å². The molecule has 0 saturated carbocycles. The number of methoxy groups -OCH3 is 3. The zero-order chi connectivity index (χ0) is 20.6. The van der Waals surface area contributed by atoms with Crippen molar-refractivity contribution in [2.45, 2.75) is 6.54 Å². The molecule has 0 spiro atoms. The summed E-state index contributed by atoms with van der Waals surface area (Å²) in [5.41, 5.74) is 1.07. The van der Waals surface area contributed by atoms with Crippen molar-refractivity contribution in [3.8, 4) is 23.0 Å². The minimum absolute atomic E-state index is 0.312. The third-order valence-corrected chi connectivity index (χ3v) is 5.15. The molecule has 6 nitrogen and oxygen atoms in total. The Morgan fingerprint density at radius 1 is 0.793 bits per heavy atom. The van der Waals surface area contributed by atoms with Gasteiger partial charge in [0.05, 0.1) is 21.3 Å². The number of para-hydroxylation sites is 1. The summed E-state index contributed by atoms with van der Waals surface area (Å²) in [5, 5.41) is 0. The molecule has 0 bridgehead atoms. The monoisotopic (exact) mass is 404 g/mol. The summed E-state index contributed by atoms with van der Waals surface area (Å²) in [5.74, 6) is 1.99. The van der Waals surface area contributed by atoms with Crippen LogP contribution in [0.3, 0.4) is 0 Å². The largest absolute Gasteiger partial charge is 0.493 e. The highest BCUT2D eigenvalue weighted by Crippen LogP contribution is 2.40. The van der Waals surface area contributed by atoms with Crippen LogP contribution in [0.25, 0.3) is 0 Å². The topological polar surface area (TPSA) is 43.4 Å². The average Bonchev–Trinajstić information content (AvgIpc) is 2.75. The Hall–Kier alpha value is -2.51. The second kappa shape index (κ2) is 10.3. The van der Waals surface area contributed by atoms with E-state index in [4.69, 9.17) is 18.9 Å². The quantitative estimate of drug-likeness (QED) is 0.640. The molecule has 2 aromatic carbocycles. The average molecular weight is 404 g/mol. The van der Waals surface area contributed by atoms with Crippen LogP contribution in [0.1, 0.15) is 5.56 Å². The number of halogens is 1. The lowest BCUT2D eigenvalue weighted by atomic mass is 10.1. The Balaban J connectivity index is 1.49. The van der Waals surface area contributed by atoms with E-state index in [0.717, 1.165) is 44.8 Å². The number of hydrogen-bond acceptors (Lipinski definition) is 6. The number of rotatable bonds is 9. The van der Waals surface area contributed by atoms with Crippen molar-refractivity contribution in [3.63, 3.8) is 0 Å². The van der Waals surface area contributed by atoms with E-state index < -0.39 is 0 Å². The number of benzene rings is 2. The molecule has 0 unspecified atom stereocenters. The summed E-state index contributed by atoms with van der Waals surface area (Å²) in [4.78, 5) is 4.72. The van der Waals surface area contributed by atoms with Crippen molar-refractivity contribution in [2.24, 2.45) is 0 Å². The maximum Gasteiger partial charge on any atom is 0.203 e. The van der Waals surface area contributed by atoms with Gasteiger partial charge in [0.15, 0.2) is 23.1 Å². The lowest BCUT2D eigenvalue weighted by Crippen LogP contribution is -2.47. The fourth-order valence-electron chi connectivity index (χ4n) is 3.55. The van der Waals surface area contributed by atoms with Crippen LogP contribution >= 0.6 is 0 Å². The van der Waals surface area contributed by atoms with Gasteiger partial charge in [-0.1, -0.05) is 18.2 Å². The van der Waals surface area contributed by atoms with E-state index in [2.05, 4.69) is 9.80 Å². The molecule has 158 valence electrons. The molecule has 0 aromatic heterocycles. The number of piperazine rings is 1. The molecule has 29 heavy (non-hydrogen) atoms. The molecule has 7 heteroatoms. The van der Waals surface area contributed by atoms with Crippen molar-refractivity contribution < 1.29 is 23.3 Å². The summed E-state index contributed by atoms with van der Waals surface area (Å²) >= 11 is 0. The van der Waals surface area contributed by atoms with E-state index in [1.54, 1.807) is 39.5 Å². The van der Waals surface area contributed by atoms with Crippen molar-refractivity contribution >= 4 is 0 Å². The summed E-state index contributed by atoms with van der Waals surface area (Å²) in [6.07, 6.45) is 0. The Kier molecular flexibility index (Phi) is 7.55. The highest BCUT2D eigenvalue weighted by atomic mass is 19.1. The first-order chi connectivity index (χ1) is 14.2. The normalized spacial score (nSPS) is 15.2. The van der Waals surface area contributed by atoms with Gasteiger partial charge in [-0.05, 0) is 18.2 Å². The Morgan fingerprint density at radius 3 is 2.14 bits per heavy atom. The fourth-order valence-corrected chi connectivity index (χ4v) is 3.55. The molecular weight excluding hydrogens is 375 g/mol. The van der Waals surface area contributed by atoms with Crippen LogP contribution < -0.4 is 18.9 Å². The van der Waals surface area contributed by atoms with Gasteiger partial charge in [-0.25, -0.2) is 4.39 Å². The molecule has 0 aliphatic carbocycles. The first kappa shape index (κ1) is 21.2. The highest BCUT2D eigenvalue weighted by Gasteiger charge is 2.21. The van der Waals surface area contributed by atoms with Crippen molar-refractivity contribution in [1.29, 1.82) is 0 Å². The molecule has 0 atom stereocenters. The first-order valence-electron chi connectivity index (χ1n) is 9.76. The molecule has 0 N–H and O–H groups in total. The zero-order valence-electron chi connectivity index (χ0n) is 17.3. The van der Waals surface area contributed by atoms with Crippen LogP contribution in [0, 0.1) is 5.82 Å². The molecule has 2 aromatic rings. The predicted molar refractivity (Wildman–Crippen MR) is 110 cm³/mol. The highest BCUT2D eigenvalue weighted by molar-refractivity contribution is 5.55. The van der Waals surface area contributed by atoms with E-state index in [9.17, 15) is 4.39 Å². The van der Waals surface area contributed by atoms with Gasteiger partial charge in [-0.15, -0.1) is 0 Å². The zero-order valence-corrected chi connectivity index (χ0v) is 17.3. The molecule has 1 saturated heterocycles. The van der Waals surface area contributed by atoms with Gasteiger partial charge in [0, 0.05) is 44.8 Å². The molecule has 1 aliphatic heterocycles. The van der Waals surface area contributed by atoms with E-state index in [0.29, 0.717) is 29.6 Å². The van der Waals surface area contributed by atoms with Crippen LogP contribution in [0.4, 0.5) is 4.39 Å². The Morgan fingerprint density at radius 2 is 1.48 bits per heavy atom. The summed E-state index contributed by atoms with van der Waals surface area (Å²) in [6.45, 7) is 5.80. The molecule has 0 amide bonds. The van der Waals surface area contributed by atoms with Gasteiger partial charge in [-0.2, -0.15) is 0 Å². The minimum atomic E-state index is -0.318. The van der Waals surface area contributed by atoms with Gasteiger partial charge in [0.2, 0.25) is 5.75 Å². The number of hydrogen-bond donors (Lipinski definition) is 0. The molecule has 1 heterocycles. The molecule has 0 radical (unpaired) electrons. The third-order valence-electron chi connectivity index (χ3n) is 5.15. The van der Waals surface area contributed by atoms with Crippen molar-refractivity contribution in [1.82, 2.24) is 9.80 Å². The second-order valence-corrected chi connectivity index (χ2v) is 6.89. The summed E-state index contributed by atoms with van der Waals surface area (Å²) in [7, 11) is 4.88. The maximum atomic E-state index is 13.6. The van der Waals surface area contributed by atoms with Crippen LogP contribution in [0.15, 0.2) is 36.4 Å². The Bertz CT molecular complexity index is 794. The minimum Gasteiger partial charge on any atom is -0.493 e. The van der Waals surface area contributed by atoms with E-state index >= 15 is 0 Å². The predicted octanol–water partition coefficient (Wildman–Crippen LogP) is 3.05. The molecule has 1 aliphatic rings. The van der Waals surface area contributed by atoms with E-state index in [1.165, 1.54) is 6.07 Å². The van der Waals surface area contributed by atoms with Crippen LogP contribution in [-0.2, 0) is 6.54 Å². The smallest absolute Gasteiger partial charge is 0.203 e. The molecular formula is C22H29FN2O4. The first-order valence-corrected chi connectivity index (χ1v) is 9.76. The van der Waals surface area contributed by atoms with Gasteiger partial charge >= 0.3 is 0 Å². The van der Waals surface area contributed by atoms with Gasteiger partial charge in [0.1, 0.15) is 6.61 Å². The van der Waals surface area contributed by atoms with E-state index in [-0.39, 0.29) is 5.82 Å². The number of ether oxygens (including phenoxy) is 4.